The van der Waals surface area contributed by atoms with Gasteiger partial charge in [0.25, 0.3) is 0 Å². The van der Waals surface area contributed by atoms with Crippen LogP contribution in [0.1, 0.15) is 145 Å². The van der Waals surface area contributed by atoms with Crippen molar-refractivity contribution < 1.29 is 34.5 Å². The number of carbonyl (C=O) groups is 4. The number of phenols is 3. The molecule has 4 aliphatic rings. The number of anilines is 4. The molecule has 12 aromatic carbocycles. The maximum atomic E-state index is 13.3. The number of rotatable bonds is 13. The van der Waals surface area contributed by atoms with E-state index in [0.29, 0.717) is 113 Å². The number of aromatic amines is 2. The van der Waals surface area contributed by atoms with Gasteiger partial charge in [-0.25, -0.2) is 4.79 Å². The number of nitrogens with zero attached hydrogens (tertiary/aromatic N) is 4. The summed E-state index contributed by atoms with van der Waals surface area (Å²) in [7, 11) is 0. The zero-order valence-electron chi connectivity index (χ0n) is 68.6. The van der Waals surface area contributed by atoms with Crippen LogP contribution in [0.5, 0.6) is 17.2 Å². The lowest BCUT2D eigenvalue weighted by Crippen LogP contribution is -2.29. The van der Waals surface area contributed by atoms with Crippen molar-refractivity contribution in [3.63, 3.8) is 0 Å². The number of aliphatic imine (C=N–C) groups is 4. The summed E-state index contributed by atoms with van der Waals surface area (Å²) in [5.74, 6) is 0.186. The minimum absolute atomic E-state index is 0.0439. The first-order valence-electron chi connectivity index (χ1n) is 40.2. The lowest BCUT2D eigenvalue weighted by atomic mass is 9.82. The molecule has 123 heavy (non-hydrogen) atoms. The van der Waals surface area contributed by atoms with Crippen LogP contribution >= 0.6 is 58.0 Å². The van der Waals surface area contributed by atoms with Crippen LogP contribution in [0.2, 0.25) is 25.1 Å². The van der Waals surface area contributed by atoms with Gasteiger partial charge >= 0.3 is 5.69 Å². The number of benzodiazepines with no additional fused rings is 4. The largest absolute Gasteiger partial charge is 0.508 e. The Hall–Kier alpha value is -12.7. The smallest absolute Gasteiger partial charge is 0.323 e. The zero-order valence-corrected chi connectivity index (χ0v) is 72.4. The van der Waals surface area contributed by atoms with Crippen LogP contribution in [0.25, 0.3) is 11.0 Å². The number of hydrogen-bond acceptors (Lipinski definition) is 12. The summed E-state index contributed by atoms with van der Waals surface area (Å²) >= 11 is 31.4. The van der Waals surface area contributed by atoms with Gasteiger partial charge in [-0.3, -0.25) is 39.1 Å². The predicted octanol–water partition coefficient (Wildman–Crippen LogP) is 21.6. The van der Waals surface area contributed by atoms with Gasteiger partial charge in [0.15, 0.2) is 0 Å². The second-order valence-corrected chi connectivity index (χ2v) is 34.9. The normalized spacial score (nSPS) is 16.0. The number of imidazole rings is 1. The Morgan fingerprint density at radius 3 is 0.967 bits per heavy atom. The molecule has 17 rings (SSSR count). The topological polar surface area (TPSA) is 275 Å². The highest BCUT2D eigenvalue weighted by Gasteiger charge is 2.34. The lowest BCUT2D eigenvalue weighted by Gasteiger charge is -2.24. The van der Waals surface area contributed by atoms with E-state index < -0.39 is 24.2 Å². The van der Waals surface area contributed by atoms with E-state index in [1.165, 1.54) is 16.7 Å². The van der Waals surface area contributed by atoms with E-state index in [0.717, 1.165) is 66.8 Å². The number of phenolic OH excluding ortho intramolecular Hbond substituents is 3. The second-order valence-electron chi connectivity index (χ2n) is 32.7. The number of carbonyl (C=O) groups excluding carboxylic acids is 4. The summed E-state index contributed by atoms with van der Waals surface area (Å²) in [4.78, 5) is 89.4. The minimum atomic E-state index is -0.658. The molecule has 0 aliphatic carbocycles. The Kier molecular flexibility index (Phi) is 26.3. The van der Waals surface area contributed by atoms with Crippen molar-refractivity contribution in [2.45, 2.75) is 122 Å². The molecule has 1 aromatic heterocycles. The van der Waals surface area contributed by atoms with E-state index in [-0.39, 0.29) is 57.4 Å². The summed E-state index contributed by atoms with van der Waals surface area (Å²) < 4.78 is 0. The molecule has 0 fully saturated rings. The minimum Gasteiger partial charge on any atom is -0.508 e. The monoisotopic (exact) mass is 1730 g/mol. The van der Waals surface area contributed by atoms with Crippen molar-refractivity contribution in [3.05, 3.63) is 380 Å². The fourth-order valence-electron chi connectivity index (χ4n) is 15.4. The third-order valence-electron chi connectivity index (χ3n) is 21.5. The van der Waals surface area contributed by atoms with Gasteiger partial charge in [-0.05, 0) is 219 Å². The molecule has 4 atom stereocenters. The molecule has 4 unspecified atom stereocenters. The van der Waals surface area contributed by atoms with Gasteiger partial charge in [0.1, 0.15) is 41.4 Å². The summed E-state index contributed by atoms with van der Waals surface area (Å²) in [6, 6.07) is 76.9. The van der Waals surface area contributed by atoms with Crippen molar-refractivity contribution >= 4 is 138 Å². The third kappa shape index (κ3) is 20.8. The summed E-state index contributed by atoms with van der Waals surface area (Å²) in [6.45, 7) is 17.3. The molecule has 0 saturated carbocycles. The predicted molar refractivity (Wildman–Crippen MR) is 498 cm³/mol. The average molecular weight is 1740 g/mol. The van der Waals surface area contributed by atoms with Gasteiger partial charge in [-0.1, -0.05) is 210 Å². The standard InChI is InChI=1S/C27H25ClN4O2.C26H25ClN2O2.C25H23ClN2O2.C22H16Cl2N2O2/c1-27(2,3)19-7-5-4-6-15(19)12-23-25(33)30-20-11-9-17(28)14-18(20)24(29-23)16-8-10-21-22(13-16)32-26(34)31-21;1-26(2,3)21-7-5-4-6-17(21)14-23-25(31)29-22-13-10-18(27)15-20(22)24(28-23)16-8-11-19(30)12-9-16;1-15(2)20-6-4-3-5-17(20)13-23-25(30)28-22-12-9-18(26)14-21(22)24(27-23)16-7-10-19(29)11-8-16;23-15-7-10-19-17(12-15)21(13-5-8-16(27)9-6-13)25-20(22(28)26-19)11-14-3-1-2-4-18(14)24/h4-11,13-14,23H,12H2,1-3H3,(H,30,33)(H2,31,32,34);4-13,15,23,30H,14H2,1-3H3,(H,29,31);3-12,14-15,23,29H,13H2,1-2H3,(H,28,30);1-10,12,20,27H,11H2,(H,26,28). The third-order valence-corrected chi connectivity index (χ3v) is 22.8. The molecule has 5 heterocycles. The zero-order chi connectivity index (χ0) is 87.1. The Morgan fingerprint density at radius 1 is 0.325 bits per heavy atom. The molecule has 9 N–H and O–H groups in total. The first-order chi connectivity index (χ1) is 58.8. The molecule has 0 bridgehead atoms. The molecule has 0 spiro atoms. The molecule has 0 saturated heterocycles. The van der Waals surface area contributed by atoms with E-state index in [1.807, 2.05) is 91.0 Å². The van der Waals surface area contributed by atoms with Gasteiger partial charge in [0, 0.05) is 95.3 Å². The summed E-state index contributed by atoms with van der Waals surface area (Å²) in [6.07, 6.45) is 1.83. The summed E-state index contributed by atoms with van der Waals surface area (Å²) in [5.41, 5.74) is 20.3. The van der Waals surface area contributed by atoms with Crippen molar-refractivity contribution in [2.75, 3.05) is 21.3 Å². The first-order valence-corrected chi connectivity index (χ1v) is 42.1. The van der Waals surface area contributed by atoms with Gasteiger partial charge in [-0.15, -0.1) is 0 Å². The molecular formula is C100H89Cl5N10O8. The number of nitrogens with one attached hydrogen (secondary N) is 6. The fourth-order valence-corrected chi connectivity index (χ4v) is 16.3. The van der Waals surface area contributed by atoms with Crippen LogP contribution in [0.4, 0.5) is 22.7 Å². The van der Waals surface area contributed by atoms with E-state index in [4.69, 9.17) is 78.0 Å². The Morgan fingerprint density at radius 2 is 0.618 bits per heavy atom. The molecule has 4 aliphatic heterocycles. The number of fused-ring (bicyclic) bond motifs is 5. The van der Waals surface area contributed by atoms with E-state index in [1.54, 1.807) is 133 Å². The highest BCUT2D eigenvalue weighted by atomic mass is 35.5. The number of hydrogen-bond donors (Lipinski definition) is 9. The van der Waals surface area contributed by atoms with E-state index in [2.05, 4.69) is 123 Å². The molecule has 0 radical (unpaired) electrons. The molecule has 622 valence electrons. The van der Waals surface area contributed by atoms with Crippen LogP contribution in [0.3, 0.4) is 0 Å². The SMILES string of the molecule is CC(C)(C)c1ccccc1CC1N=C(c2ccc(O)cc2)c2cc(Cl)ccc2NC1=O.CC(C)(C)c1ccccc1CC1N=C(c2ccc3[nH]c(=O)[nH]c3c2)c2cc(Cl)ccc2NC1=O.CC(C)c1ccccc1CC1N=C(c2ccc(O)cc2)c2cc(Cl)ccc2NC1=O.O=C1Nc2ccc(Cl)cc2C(c2ccc(O)cc2)=NC1Cc1ccccc1Cl. The Bertz CT molecular complexity index is 6400. The van der Waals surface area contributed by atoms with Gasteiger partial charge in [0.05, 0.1) is 56.6 Å². The number of halogens is 5. The van der Waals surface area contributed by atoms with Crippen LogP contribution in [0.15, 0.2) is 286 Å². The molecule has 23 heteroatoms. The van der Waals surface area contributed by atoms with E-state index >= 15 is 0 Å². The van der Waals surface area contributed by atoms with E-state index in [9.17, 15) is 39.3 Å². The molecule has 4 amide bonds. The van der Waals surface area contributed by atoms with Crippen molar-refractivity contribution in [2.24, 2.45) is 20.0 Å². The fraction of sp³-hybridized carbons (Fsp3) is 0.190. The molecular weight excluding hydrogens is 1650 g/mol. The number of aromatic hydroxyl groups is 3. The van der Waals surface area contributed by atoms with Gasteiger partial charge < -0.3 is 46.6 Å². The summed E-state index contributed by atoms with van der Waals surface area (Å²) in [5, 5.41) is 43.9. The molecule has 13 aromatic rings. The van der Waals surface area contributed by atoms with Gasteiger partial charge in [-0.2, -0.15) is 0 Å². The van der Waals surface area contributed by atoms with Crippen LogP contribution < -0.4 is 27.0 Å². The van der Waals surface area contributed by atoms with Crippen molar-refractivity contribution in [1.29, 1.82) is 0 Å². The Balaban J connectivity index is 0.000000134. The number of amides is 4. The number of H-pyrrole nitrogens is 2. The highest BCUT2D eigenvalue weighted by Crippen LogP contribution is 2.38. The number of aromatic nitrogens is 2. The van der Waals surface area contributed by atoms with Crippen molar-refractivity contribution in [1.82, 2.24) is 9.97 Å². The van der Waals surface area contributed by atoms with Crippen LogP contribution in [0, 0.1) is 0 Å². The second kappa shape index (κ2) is 37.3. The quantitative estimate of drug-likeness (QED) is 0.0534. The van der Waals surface area contributed by atoms with Crippen LogP contribution in [-0.4, -0.2) is 95.9 Å². The lowest BCUT2D eigenvalue weighted by molar-refractivity contribution is -0.118. The maximum Gasteiger partial charge on any atom is 0.323 e. The van der Waals surface area contributed by atoms with Crippen molar-refractivity contribution in [3.8, 4) is 17.2 Å². The van der Waals surface area contributed by atoms with Crippen LogP contribution in [-0.2, 0) is 55.7 Å². The maximum absolute atomic E-state index is 13.3. The average Bonchev–Trinajstić information content (AvgIpc) is 1.67. The molecule has 18 nitrogen and oxygen atoms in total. The first kappa shape index (κ1) is 86.7. The van der Waals surface area contributed by atoms with Gasteiger partial charge in [0.2, 0.25) is 23.6 Å². The highest BCUT2D eigenvalue weighted by molar-refractivity contribution is 6.34. The Labute approximate surface area is 738 Å². The number of benzene rings is 12.